The van der Waals surface area contributed by atoms with E-state index in [-0.39, 0.29) is 0 Å². The van der Waals surface area contributed by atoms with Crippen LogP contribution >= 0.6 is 0 Å². The zero-order valence-corrected chi connectivity index (χ0v) is 9.20. The van der Waals surface area contributed by atoms with Crippen LogP contribution in [-0.4, -0.2) is 36.6 Å². The fourth-order valence-electron chi connectivity index (χ4n) is 2.50. The second-order valence-electron chi connectivity index (χ2n) is 4.66. The van der Waals surface area contributed by atoms with E-state index in [4.69, 9.17) is 5.11 Å². The van der Waals surface area contributed by atoms with Crippen LogP contribution in [0.25, 0.3) is 0 Å². The predicted octanol–water partition coefficient (Wildman–Crippen LogP) is 1.83. The topological polar surface area (TPSA) is 40.5 Å². The van der Waals surface area contributed by atoms with Crippen molar-refractivity contribution in [2.75, 3.05) is 20.6 Å². The van der Waals surface area contributed by atoms with Gasteiger partial charge in [-0.1, -0.05) is 25.7 Å². The first kappa shape index (κ1) is 11.5. The molecule has 1 atom stereocenters. The Morgan fingerprint density at radius 3 is 2.43 bits per heavy atom. The molecule has 0 saturated heterocycles. The van der Waals surface area contributed by atoms with Crippen LogP contribution in [0, 0.1) is 11.8 Å². The van der Waals surface area contributed by atoms with E-state index in [1.54, 1.807) is 0 Å². The quantitative estimate of drug-likeness (QED) is 0.734. The molecule has 0 heterocycles. The normalized spacial score (nSPS) is 20.2. The molecule has 3 nitrogen and oxygen atoms in total. The lowest BCUT2D eigenvalue weighted by atomic mass is 9.88. The summed E-state index contributed by atoms with van der Waals surface area (Å²) >= 11 is 0. The van der Waals surface area contributed by atoms with Crippen molar-refractivity contribution in [1.29, 1.82) is 0 Å². The summed E-state index contributed by atoms with van der Waals surface area (Å²) in [5.41, 5.74) is 0. The van der Waals surface area contributed by atoms with Crippen molar-refractivity contribution < 1.29 is 9.90 Å². The number of hydrogen-bond acceptors (Lipinski definition) is 2. The van der Waals surface area contributed by atoms with E-state index in [9.17, 15) is 4.79 Å². The van der Waals surface area contributed by atoms with E-state index in [1.807, 2.05) is 14.1 Å². The molecule has 1 saturated carbocycles. The van der Waals surface area contributed by atoms with Crippen molar-refractivity contribution in [2.24, 2.45) is 11.8 Å². The monoisotopic (exact) mass is 199 g/mol. The van der Waals surface area contributed by atoms with Crippen LogP contribution < -0.4 is 0 Å². The zero-order valence-electron chi connectivity index (χ0n) is 9.20. The number of rotatable bonds is 5. The summed E-state index contributed by atoms with van der Waals surface area (Å²) < 4.78 is 0. The first-order valence-corrected chi connectivity index (χ1v) is 5.46. The summed E-state index contributed by atoms with van der Waals surface area (Å²) in [4.78, 5) is 12.8. The minimum absolute atomic E-state index is 0.336. The third-order valence-electron chi connectivity index (χ3n) is 3.10. The Balaban J connectivity index is 2.46. The van der Waals surface area contributed by atoms with Gasteiger partial charge in [0.05, 0.1) is 0 Å². The Hall–Kier alpha value is -0.570. The molecule has 0 aromatic carbocycles. The van der Waals surface area contributed by atoms with Crippen molar-refractivity contribution >= 4 is 5.97 Å². The lowest BCUT2D eigenvalue weighted by molar-refractivity contribution is -0.138. The number of carboxylic acid groups (broad SMARTS) is 1. The molecule has 0 aliphatic heterocycles. The fourth-order valence-corrected chi connectivity index (χ4v) is 2.50. The van der Waals surface area contributed by atoms with Crippen LogP contribution in [0.5, 0.6) is 0 Å². The fraction of sp³-hybridized carbons (Fsp3) is 0.909. The van der Waals surface area contributed by atoms with Gasteiger partial charge in [-0.2, -0.15) is 0 Å². The number of carbonyl (C=O) groups is 1. The molecule has 0 aromatic heterocycles. The average molecular weight is 199 g/mol. The van der Waals surface area contributed by atoms with E-state index >= 15 is 0 Å². The van der Waals surface area contributed by atoms with Crippen LogP contribution in [0.3, 0.4) is 0 Å². The highest BCUT2D eigenvalue weighted by Crippen LogP contribution is 2.33. The average Bonchev–Trinajstić information content (AvgIpc) is 2.52. The second kappa shape index (κ2) is 5.35. The van der Waals surface area contributed by atoms with Gasteiger partial charge in [-0.25, -0.2) is 0 Å². The molecule has 0 aromatic rings. The van der Waals surface area contributed by atoms with Gasteiger partial charge in [-0.15, -0.1) is 0 Å². The molecule has 1 aliphatic carbocycles. The molecular formula is C11H21NO2. The molecule has 0 bridgehead atoms. The Labute approximate surface area is 86.1 Å². The lowest BCUT2D eigenvalue weighted by Crippen LogP contribution is -2.28. The van der Waals surface area contributed by atoms with Gasteiger partial charge in [0.1, 0.15) is 0 Å². The van der Waals surface area contributed by atoms with E-state index in [1.165, 1.54) is 25.7 Å². The lowest BCUT2D eigenvalue weighted by Gasteiger charge is -2.24. The minimum atomic E-state index is -0.649. The third kappa shape index (κ3) is 3.66. The molecule has 0 radical (unpaired) electrons. The number of hydrogen-bond donors (Lipinski definition) is 1. The van der Waals surface area contributed by atoms with Crippen LogP contribution in [-0.2, 0) is 4.79 Å². The van der Waals surface area contributed by atoms with Gasteiger partial charge in [0.2, 0.25) is 0 Å². The number of nitrogens with zero attached hydrogens (tertiary/aromatic N) is 1. The van der Waals surface area contributed by atoms with Crippen molar-refractivity contribution in [3.8, 4) is 0 Å². The molecule has 1 unspecified atom stereocenters. The maximum atomic E-state index is 10.7. The molecule has 1 rings (SSSR count). The standard InChI is InChI=1S/C11H21NO2/c1-12(2)8-10(7-11(13)14)9-5-3-4-6-9/h9-10H,3-8H2,1-2H3,(H,13,14). The minimum Gasteiger partial charge on any atom is -0.481 e. The van der Waals surface area contributed by atoms with Gasteiger partial charge in [0.25, 0.3) is 0 Å². The predicted molar refractivity (Wildman–Crippen MR) is 56.3 cm³/mol. The molecular weight excluding hydrogens is 178 g/mol. The van der Waals surface area contributed by atoms with Crippen molar-refractivity contribution in [1.82, 2.24) is 4.90 Å². The molecule has 14 heavy (non-hydrogen) atoms. The molecule has 1 aliphatic rings. The highest BCUT2D eigenvalue weighted by Gasteiger charge is 2.27. The maximum Gasteiger partial charge on any atom is 0.303 e. The van der Waals surface area contributed by atoms with E-state index in [0.717, 1.165) is 6.54 Å². The Morgan fingerprint density at radius 1 is 1.43 bits per heavy atom. The van der Waals surface area contributed by atoms with E-state index < -0.39 is 5.97 Å². The summed E-state index contributed by atoms with van der Waals surface area (Å²) in [6.07, 6.45) is 5.36. The van der Waals surface area contributed by atoms with Gasteiger partial charge in [-0.05, 0) is 25.9 Å². The van der Waals surface area contributed by atoms with Gasteiger partial charge in [0.15, 0.2) is 0 Å². The summed E-state index contributed by atoms with van der Waals surface area (Å²) in [6, 6.07) is 0. The van der Waals surface area contributed by atoms with Crippen LogP contribution in [0.4, 0.5) is 0 Å². The summed E-state index contributed by atoms with van der Waals surface area (Å²) in [5.74, 6) is 0.349. The number of carboxylic acids is 1. The largest absolute Gasteiger partial charge is 0.481 e. The van der Waals surface area contributed by atoms with E-state index in [2.05, 4.69) is 4.90 Å². The summed E-state index contributed by atoms with van der Waals surface area (Å²) in [7, 11) is 4.04. The third-order valence-corrected chi connectivity index (χ3v) is 3.10. The molecule has 1 fully saturated rings. The smallest absolute Gasteiger partial charge is 0.303 e. The SMILES string of the molecule is CN(C)CC(CC(=O)O)C1CCCC1. The van der Waals surface area contributed by atoms with Crippen LogP contribution in [0.15, 0.2) is 0 Å². The zero-order chi connectivity index (χ0) is 10.6. The van der Waals surface area contributed by atoms with Crippen molar-refractivity contribution in [3.05, 3.63) is 0 Å². The van der Waals surface area contributed by atoms with Gasteiger partial charge in [-0.3, -0.25) is 4.79 Å². The molecule has 0 spiro atoms. The Morgan fingerprint density at radius 2 is 2.00 bits per heavy atom. The molecule has 82 valence electrons. The van der Waals surface area contributed by atoms with Crippen molar-refractivity contribution in [2.45, 2.75) is 32.1 Å². The van der Waals surface area contributed by atoms with Gasteiger partial charge >= 0.3 is 5.97 Å². The van der Waals surface area contributed by atoms with Crippen molar-refractivity contribution in [3.63, 3.8) is 0 Å². The summed E-state index contributed by atoms with van der Waals surface area (Å²) in [5, 5.41) is 8.84. The Bertz CT molecular complexity index is 186. The number of aliphatic carboxylic acids is 1. The maximum absolute atomic E-state index is 10.7. The first-order chi connectivity index (χ1) is 6.59. The van der Waals surface area contributed by atoms with Crippen LogP contribution in [0.1, 0.15) is 32.1 Å². The highest BCUT2D eigenvalue weighted by molar-refractivity contribution is 5.67. The highest BCUT2D eigenvalue weighted by atomic mass is 16.4. The van der Waals surface area contributed by atoms with E-state index in [0.29, 0.717) is 18.3 Å². The first-order valence-electron chi connectivity index (χ1n) is 5.46. The molecule has 0 amide bonds. The Kier molecular flexibility index (Phi) is 4.39. The summed E-state index contributed by atoms with van der Waals surface area (Å²) in [6.45, 7) is 0.914. The van der Waals surface area contributed by atoms with Gasteiger partial charge < -0.3 is 10.0 Å². The van der Waals surface area contributed by atoms with Gasteiger partial charge in [0, 0.05) is 13.0 Å². The molecule has 3 heteroatoms. The van der Waals surface area contributed by atoms with Crippen LogP contribution in [0.2, 0.25) is 0 Å². The second-order valence-corrected chi connectivity index (χ2v) is 4.66. The molecule has 1 N–H and O–H groups in total.